The smallest absolute Gasteiger partial charge is 0.310 e. The predicted molar refractivity (Wildman–Crippen MR) is 76.5 cm³/mol. The first-order valence-corrected chi connectivity index (χ1v) is 6.60. The Labute approximate surface area is 124 Å². The summed E-state index contributed by atoms with van der Waals surface area (Å²) in [7, 11) is 1.33. The van der Waals surface area contributed by atoms with Gasteiger partial charge in [-0.25, -0.2) is 0 Å². The van der Waals surface area contributed by atoms with Crippen LogP contribution in [0.4, 0.5) is 5.69 Å². The largest absolute Gasteiger partial charge is 0.469 e. The van der Waals surface area contributed by atoms with E-state index in [0.29, 0.717) is 21.5 Å². The molecule has 0 aliphatic heterocycles. The van der Waals surface area contributed by atoms with E-state index in [1.807, 2.05) is 0 Å². The highest BCUT2D eigenvalue weighted by molar-refractivity contribution is 9.10. The number of hydrogen-bond acceptors (Lipinski definition) is 4. The molecule has 5 nitrogen and oxygen atoms in total. The van der Waals surface area contributed by atoms with E-state index in [1.54, 1.807) is 30.3 Å². The Balaban J connectivity index is 2.19. The van der Waals surface area contributed by atoms with Gasteiger partial charge in [-0.3, -0.25) is 9.59 Å². The van der Waals surface area contributed by atoms with Gasteiger partial charge in [-0.2, -0.15) is 0 Å². The molecule has 6 heteroatoms. The van der Waals surface area contributed by atoms with Crippen LogP contribution in [-0.2, 0) is 16.0 Å². The van der Waals surface area contributed by atoms with Crippen molar-refractivity contribution in [2.75, 3.05) is 12.4 Å². The number of carbonyl (C=O) groups is 2. The topological polar surface area (TPSA) is 68.5 Å². The van der Waals surface area contributed by atoms with Gasteiger partial charge in [0.25, 0.3) is 5.91 Å². The number of rotatable bonds is 4. The third-order valence-corrected chi connectivity index (χ3v) is 3.30. The van der Waals surface area contributed by atoms with Crippen molar-refractivity contribution in [2.45, 2.75) is 6.42 Å². The van der Waals surface area contributed by atoms with Gasteiger partial charge in [0.15, 0.2) is 4.67 Å². The first kappa shape index (κ1) is 14.3. The molecular weight excluding hydrogens is 326 g/mol. The molecule has 0 bridgehead atoms. The van der Waals surface area contributed by atoms with Gasteiger partial charge in [-0.15, -0.1) is 0 Å². The second-order valence-corrected chi connectivity index (χ2v) is 4.69. The van der Waals surface area contributed by atoms with Crippen LogP contribution in [0.2, 0.25) is 0 Å². The number of para-hydroxylation sites is 1. The zero-order valence-corrected chi connectivity index (χ0v) is 12.3. The molecule has 0 saturated heterocycles. The van der Waals surface area contributed by atoms with Crippen molar-refractivity contribution in [1.82, 2.24) is 0 Å². The Morgan fingerprint density at radius 3 is 2.70 bits per heavy atom. The lowest BCUT2D eigenvalue weighted by molar-refractivity contribution is -0.139. The van der Waals surface area contributed by atoms with Crippen LogP contribution < -0.4 is 5.32 Å². The van der Waals surface area contributed by atoms with E-state index in [2.05, 4.69) is 26.0 Å². The Morgan fingerprint density at radius 2 is 2.05 bits per heavy atom. The van der Waals surface area contributed by atoms with Crippen LogP contribution in [0.3, 0.4) is 0 Å². The summed E-state index contributed by atoms with van der Waals surface area (Å²) >= 11 is 3.15. The Hall–Kier alpha value is -2.08. The second-order valence-electron chi connectivity index (χ2n) is 3.97. The lowest BCUT2D eigenvalue weighted by Gasteiger charge is -2.09. The van der Waals surface area contributed by atoms with E-state index in [0.717, 1.165) is 0 Å². The highest BCUT2D eigenvalue weighted by Gasteiger charge is 2.15. The van der Waals surface area contributed by atoms with Crippen molar-refractivity contribution in [3.8, 4) is 0 Å². The molecule has 2 aromatic rings. The molecule has 0 saturated carbocycles. The number of halogens is 1. The van der Waals surface area contributed by atoms with Crippen LogP contribution in [0.15, 0.2) is 45.7 Å². The molecule has 0 unspecified atom stereocenters. The molecule has 1 heterocycles. The first-order chi connectivity index (χ1) is 9.61. The average molecular weight is 338 g/mol. The summed E-state index contributed by atoms with van der Waals surface area (Å²) in [6, 6.07) is 8.62. The summed E-state index contributed by atoms with van der Waals surface area (Å²) in [6.45, 7) is 0. The van der Waals surface area contributed by atoms with Crippen molar-refractivity contribution in [2.24, 2.45) is 0 Å². The number of methoxy groups -OCH3 is 1. The minimum atomic E-state index is -0.365. The van der Waals surface area contributed by atoms with Gasteiger partial charge >= 0.3 is 5.97 Å². The van der Waals surface area contributed by atoms with Crippen LogP contribution in [0.1, 0.15) is 15.9 Å². The number of anilines is 1. The zero-order chi connectivity index (χ0) is 14.5. The van der Waals surface area contributed by atoms with Gasteiger partial charge in [-0.05, 0) is 33.6 Å². The maximum absolute atomic E-state index is 12.1. The fraction of sp³-hybridized carbons (Fsp3) is 0.143. The van der Waals surface area contributed by atoms with Gasteiger partial charge in [0.1, 0.15) is 0 Å². The number of hydrogen-bond donors (Lipinski definition) is 1. The standard InChI is InChI=1S/C14H12BrNO4/c1-19-12(17)8-9-4-2-3-5-11(9)16-14(18)10-6-7-20-13(10)15/h2-7H,8H2,1H3,(H,16,18). The molecule has 1 amide bonds. The number of benzene rings is 1. The van der Waals surface area contributed by atoms with Crippen molar-refractivity contribution in [1.29, 1.82) is 0 Å². The highest BCUT2D eigenvalue weighted by atomic mass is 79.9. The van der Waals surface area contributed by atoms with E-state index >= 15 is 0 Å². The van der Waals surface area contributed by atoms with Gasteiger partial charge in [0.05, 0.1) is 25.4 Å². The molecule has 1 aromatic heterocycles. The number of nitrogens with one attached hydrogen (secondary N) is 1. The molecule has 1 aromatic carbocycles. The molecule has 20 heavy (non-hydrogen) atoms. The molecule has 104 valence electrons. The van der Waals surface area contributed by atoms with Crippen LogP contribution in [-0.4, -0.2) is 19.0 Å². The van der Waals surface area contributed by atoms with Gasteiger partial charge in [0.2, 0.25) is 0 Å². The van der Waals surface area contributed by atoms with Crippen molar-refractivity contribution in [3.63, 3.8) is 0 Å². The summed E-state index contributed by atoms with van der Waals surface area (Å²) in [5, 5.41) is 2.75. The summed E-state index contributed by atoms with van der Waals surface area (Å²) in [6.07, 6.45) is 1.51. The van der Waals surface area contributed by atoms with Gasteiger partial charge in [-0.1, -0.05) is 18.2 Å². The molecule has 0 spiro atoms. The minimum absolute atomic E-state index is 0.0967. The quantitative estimate of drug-likeness (QED) is 0.870. The molecule has 0 aliphatic carbocycles. The Morgan fingerprint density at radius 1 is 1.30 bits per heavy atom. The summed E-state index contributed by atoms with van der Waals surface area (Å²) in [5.41, 5.74) is 1.64. The Kier molecular flexibility index (Phi) is 4.57. The molecule has 1 N–H and O–H groups in total. The minimum Gasteiger partial charge on any atom is -0.469 e. The Bertz CT molecular complexity index is 636. The third kappa shape index (κ3) is 3.27. The van der Waals surface area contributed by atoms with Crippen LogP contribution >= 0.6 is 15.9 Å². The predicted octanol–water partition coefficient (Wildman–Crippen LogP) is 3.01. The van der Waals surface area contributed by atoms with Crippen molar-refractivity contribution < 1.29 is 18.7 Å². The van der Waals surface area contributed by atoms with Crippen LogP contribution in [0.5, 0.6) is 0 Å². The van der Waals surface area contributed by atoms with Crippen LogP contribution in [0, 0.1) is 0 Å². The molecule has 2 rings (SSSR count). The molecular formula is C14H12BrNO4. The SMILES string of the molecule is COC(=O)Cc1ccccc1NC(=O)c1ccoc1Br. The number of carbonyl (C=O) groups excluding carboxylic acids is 2. The van der Waals surface area contributed by atoms with Crippen LogP contribution in [0.25, 0.3) is 0 Å². The highest BCUT2D eigenvalue weighted by Crippen LogP contribution is 2.21. The number of ether oxygens (including phenoxy) is 1. The van der Waals surface area contributed by atoms with Gasteiger partial charge in [0, 0.05) is 5.69 Å². The van der Waals surface area contributed by atoms with Crippen molar-refractivity contribution in [3.05, 3.63) is 52.4 Å². The molecule has 0 atom stereocenters. The molecule has 0 fully saturated rings. The number of furan rings is 1. The lowest BCUT2D eigenvalue weighted by atomic mass is 10.1. The normalized spacial score (nSPS) is 10.1. The van der Waals surface area contributed by atoms with E-state index in [-0.39, 0.29) is 18.3 Å². The number of esters is 1. The summed E-state index contributed by atoms with van der Waals surface area (Å²) < 4.78 is 10.0. The maximum atomic E-state index is 12.1. The zero-order valence-electron chi connectivity index (χ0n) is 10.7. The second kappa shape index (κ2) is 6.38. The van der Waals surface area contributed by atoms with E-state index in [1.165, 1.54) is 13.4 Å². The first-order valence-electron chi connectivity index (χ1n) is 5.81. The molecule has 0 radical (unpaired) electrons. The van der Waals surface area contributed by atoms with Gasteiger partial charge < -0.3 is 14.5 Å². The van der Waals surface area contributed by atoms with E-state index < -0.39 is 0 Å². The number of amides is 1. The third-order valence-electron chi connectivity index (χ3n) is 2.69. The average Bonchev–Trinajstić information content (AvgIpc) is 2.87. The fourth-order valence-corrected chi connectivity index (χ4v) is 2.09. The fourth-order valence-electron chi connectivity index (χ4n) is 1.67. The monoisotopic (exact) mass is 337 g/mol. The van der Waals surface area contributed by atoms with E-state index in [9.17, 15) is 9.59 Å². The van der Waals surface area contributed by atoms with Crippen molar-refractivity contribution >= 4 is 33.5 Å². The van der Waals surface area contributed by atoms with E-state index in [4.69, 9.17) is 4.42 Å². The summed E-state index contributed by atoms with van der Waals surface area (Å²) in [5.74, 6) is -0.681. The maximum Gasteiger partial charge on any atom is 0.310 e. The summed E-state index contributed by atoms with van der Waals surface area (Å²) in [4.78, 5) is 23.4. The molecule has 0 aliphatic rings. The lowest BCUT2D eigenvalue weighted by Crippen LogP contribution is -2.14.